The Bertz CT molecular complexity index is 633. The largest absolute Gasteiger partial charge is 0.497 e. The summed E-state index contributed by atoms with van der Waals surface area (Å²) >= 11 is 0. The summed E-state index contributed by atoms with van der Waals surface area (Å²) < 4.78 is 9.91. The standard InChI is InChI=1S/C16H17NO3/c1-10-14(16(18)20-3)8-12(9-15(10)17)11-4-6-13(19-2)7-5-11/h4-9H,17H2,1-3H3. The van der Waals surface area contributed by atoms with E-state index in [1.807, 2.05) is 30.3 Å². The van der Waals surface area contributed by atoms with Crippen molar-refractivity contribution in [3.8, 4) is 16.9 Å². The fourth-order valence-corrected chi connectivity index (χ4v) is 2.01. The van der Waals surface area contributed by atoms with Crippen LogP contribution in [0.25, 0.3) is 11.1 Å². The van der Waals surface area contributed by atoms with Crippen molar-refractivity contribution in [1.29, 1.82) is 0 Å². The van der Waals surface area contributed by atoms with Crippen molar-refractivity contribution in [2.24, 2.45) is 0 Å². The fraction of sp³-hybridized carbons (Fsp3) is 0.188. The molecule has 0 amide bonds. The van der Waals surface area contributed by atoms with Crippen molar-refractivity contribution in [3.63, 3.8) is 0 Å². The molecule has 0 unspecified atom stereocenters. The van der Waals surface area contributed by atoms with Gasteiger partial charge in [-0.25, -0.2) is 4.79 Å². The van der Waals surface area contributed by atoms with Gasteiger partial charge in [0.2, 0.25) is 0 Å². The van der Waals surface area contributed by atoms with Crippen molar-refractivity contribution in [2.75, 3.05) is 20.0 Å². The summed E-state index contributed by atoms with van der Waals surface area (Å²) in [5, 5.41) is 0. The molecule has 0 aliphatic rings. The molecule has 2 aromatic rings. The summed E-state index contributed by atoms with van der Waals surface area (Å²) in [4.78, 5) is 11.8. The van der Waals surface area contributed by atoms with Crippen LogP contribution in [0.2, 0.25) is 0 Å². The summed E-state index contributed by atoms with van der Waals surface area (Å²) in [6.45, 7) is 1.80. The monoisotopic (exact) mass is 271 g/mol. The van der Waals surface area contributed by atoms with Crippen LogP contribution in [0, 0.1) is 6.92 Å². The first-order valence-corrected chi connectivity index (χ1v) is 6.19. The number of nitrogens with two attached hydrogens (primary N) is 1. The lowest BCUT2D eigenvalue weighted by Gasteiger charge is -2.11. The predicted molar refractivity (Wildman–Crippen MR) is 78.9 cm³/mol. The smallest absolute Gasteiger partial charge is 0.338 e. The summed E-state index contributed by atoms with van der Waals surface area (Å²) in [5.74, 6) is 0.395. The maximum absolute atomic E-state index is 11.8. The van der Waals surface area contributed by atoms with Gasteiger partial charge in [0.1, 0.15) is 5.75 Å². The number of esters is 1. The number of anilines is 1. The molecule has 4 heteroatoms. The number of carbonyl (C=O) groups is 1. The van der Waals surface area contributed by atoms with Crippen LogP contribution >= 0.6 is 0 Å². The first-order chi connectivity index (χ1) is 9.56. The Kier molecular flexibility index (Phi) is 3.94. The third-order valence-electron chi connectivity index (χ3n) is 3.28. The van der Waals surface area contributed by atoms with Gasteiger partial charge in [0.25, 0.3) is 0 Å². The Balaban J connectivity index is 2.51. The highest BCUT2D eigenvalue weighted by Gasteiger charge is 2.13. The number of hydrogen-bond donors (Lipinski definition) is 1. The zero-order valence-electron chi connectivity index (χ0n) is 11.8. The van der Waals surface area contributed by atoms with Crippen LogP contribution in [0.5, 0.6) is 5.75 Å². The molecule has 0 heterocycles. The van der Waals surface area contributed by atoms with Crippen molar-refractivity contribution in [3.05, 3.63) is 47.5 Å². The minimum atomic E-state index is -0.385. The van der Waals surface area contributed by atoms with Crippen LogP contribution in [0.3, 0.4) is 0 Å². The Morgan fingerprint density at radius 3 is 2.25 bits per heavy atom. The maximum atomic E-state index is 11.8. The molecule has 0 spiro atoms. The van der Waals surface area contributed by atoms with E-state index < -0.39 is 0 Å². The molecular weight excluding hydrogens is 254 g/mol. The highest BCUT2D eigenvalue weighted by molar-refractivity contribution is 5.94. The van der Waals surface area contributed by atoms with Crippen LogP contribution in [0.1, 0.15) is 15.9 Å². The lowest BCUT2D eigenvalue weighted by atomic mass is 9.98. The Morgan fingerprint density at radius 2 is 1.70 bits per heavy atom. The number of hydrogen-bond acceptors (Lipinski definition) is 4. The van der Waals surface area contributed by atoms with E-state index in [1.165, 1.54) is 7.11 Å². The topological polar surface area (TPSA) is 61.5 Å². The van der Waals surface area contributed by atoms with Crippen LogP contribution in [0.4, 0.5) is 5.69 Å². The summed E-state index contributed by atoms with van der Waals surface area (Å²) in [6.07, 6.45) is 0. The number of rotatable bonds is 3. The van der Waals surface area contributed by atoms with Gasteiger partial charge in [-0.3, -0.25) is 0 Å². The molecule has 0 fully saturated rings. The van der Waals surface area contributed by atoms with Gasteiger partial charge < -0.3 is 15.2 Å². The molecule has 0 atom stereocenters. The molecule has 0 saturated heterocycles. The van der Waals surface area contributed by atoms with E-state index in [-0.39, 0.29) is 5.97 Å². The second kappa shape index (κ2) is 5.65. The number of methoxy groups -OCH3 is 2. The van der Waals surface area contributed by atoms with Gasteiger partial charge in [-0.05, 0) is 47.9 Å². The molecule has 2 N–H and O–H groups in total. The lowest BCUT2D eigenvalue weighted by molar-refractivity contribution is 0.0600. The fourth-order valence-electron chi connectivity index (χ4n) is 2.01. The van der Waals surface area contributed by atoms with Gasteiger partial charge in [0.05, 0.1) is 19.8 Å². The molecule has 4 nitrogen and oxygen atoms in total. The zero-order chi connectivity index (χ0) is 14.7. The van der Waals surface area contributed by atoms with E-state index in [0.717, 1.165) is 22.4 Å². The SMILES string of the molecule is COC(=O)c1cc(-c2ccc(OC)cc2)cc(N)c1C. The zero-order valence-corrected chi connectivity index (χ0v) is 11.8. The number of carbonyl (C=O) groups excluding carboxylic acids is 1. The average molecular weight is 271 g/mol. The third kappa shape index (κ3) is 2.59. The van der Waals surface area contributed by atoms with Gasteiger partial charge in [0, 0.05) is 5.69 Å². The lowest BCUT2D eigenvalue weighted by Crippen LogP contribution is -2.06. The van der Waals surface area contributed by atoms with E-state index in [2.05, 4.69) is 0 Å². The second-order valence-electron chi connectivity index (χ2n) is 4.46. The first-order valence-electron chi connectivity index (χ1n) is 6.19. The van der Waals surface area contributed by atoms with E-state index in [9.17, 15) is 4.79 Å². The Morgan fingerprint density at radius 1 is 1.05 bits per heavy atom. The van der Waals surface area contributed by atoms with E-state index in [4.69, 9.17) is 15.2 Å². The van der Waals surface area contributed by atoms with E-state index >= 15 is 0 Å². The molecule has 0 aliphatic heterocycles. The van der Waals surface area contributed by atoms with Crippen molar-refractivity contribution in [2.45, 2.75) is 6.92 Å². The predicted octanol–water partition coefficient (Wildman–Crippen LogP) is 3.04. The van der Waals surface area contributed by atoms with Gasteiger partial charge >= 0.3 is 5.97 Å². The highest BCUT2D eigenvalue weighted by Crippen LogP contribution is 2.28. The molecular formula is C16H17NO3. The van der Waals surface area contributed by atoms with E-state index in [0.29, 0.717) is 11.3 Å². The van der Waals surface area contributed by atoms with Crippen molar-refractivity contribution >= 4 is 11.7 Å². The molecule has 0 saturated carbocycles. The summed E-state index contributed by atoms with van der Waals surface area (Å²) in [5.41, 5.74) is 9.59. The first kappa shape index (κ1) is 13.9. The average Bonchev–Trinajstić information content (AvgIpc) is 2.49. The van der Waals surface area contributed by atoms with Gasteiger partial charge in [-0.2, -0.15) is 0 Å². The van der Waals surface area contributed by atoms with Crippen molar-refractivity contribution in [1.82, 2.24) is 0 Å². The van der Waals surface area contributed by atoms with Crippen LogP contribution in [0.15, 0.2) is 36.4 Å². The van der Waals surface area contributed by atoms with Gasteiger partial charge in [-0.15, -0.1) is 0 Å². The minimum absolute atomic E-state index is 0.385. The van der Waals surface area contributed by atoms with Crippen molar-refractivity contribution < 1.29 is 14.3 Å². The van der Waals surface area contributed by atoms with E-state index in [1.54, 1.807) is 20.1 Å². The summed E-state index contributed by atoms with van der Waals surface area (Å²) in [7, 11) is 2.98. The number of ether oxygens (including phenoxy) is 2. The molecule has 0 aliphatic carbocycles. The maximum Gasteiger partial charge on any atom is 0.338 e. The van der Waals surface area contributed by atoms with Crippen LogP contribution in [-0.2, 0) is 4.74 Å². The quantitative estimate of drug-likeness (QED) is 0.688. The highest BCUT2D eigenvalue weighted by atomic mass is 16.5. The number of nitrogen functional groups attached to an aromatic ring is 1. The third-order valence-corrected chi connectivity index (χ3v) is 3.28. The second-order valence-corrected chi connectivity index (χ2v) is 4.46. The molecule has 20 heavy (non-hydrogen) atoms. The molecule has 104 valence electrons. The Labute approximate surface area is 118 Å². The van der Waals surface area contributed by atoms with Crippen LogP contribution < -0.4 is 10.5 Å². The molecule has 2 rings (SSSR count). The molecule has 0 bridgehead atoms. The molecule has 0 aromatic heterocycles. The molecule has 2 aromatic carbocycles. The normalized spacial score (nSPS) is 10.2. The van der Waals surface area contributed by atoms with Crippen LogP contribution in [-0.4, -0.2) is 20.2 Å². The van der Waals surface area contributed by atoms with Gasteiger partial charge in [-0.1, -0.05) is 12.1 Å². The molecule has 0 radical (unpaired) electrons. The number of benzene rings is 2. The Hall–Kier alpha value is -2.49. The van der Waals surface area contributed by atoms with Gasteiger partial charge in [0.15, 0.2) is 0 Å². The minimum Gasteiger partial charge on any atom is -0.497 e. The summed E-state index contributed by atoms with van der Waals surface area (Å²) in [6, 6.07) is 11.2.